The summed E-state index contributed by atoms with van der Waals surface area (Å²) in [6.07, 6.45) is 1.52. The second kappa shape index (κ2) is 4.36. The molecule has 8 heteroatoms. The highest BCUT2D eigenvalue weighted by Gasteiger charge is 2.27. The third kappa shape index (κ3) is 1.93. The second-order valence-electron chi connectivity index (χ2n) is 3.92. The van der Waals surface area contributed by atoms with Gasteiger partial charge in [0.2, 0.25) is 5.95 Å². The number of aliphatic carboxylic acids is 1. The molecular formula is C11H8ClN5O2. The van der Waals surface area contributed by atoms with E-state index in [0.717, 1.165) is 5.56 Å². The van der Waals surface area contributed by atoms with Crippen LogP contribution in [-0.4, -0.2) is 31.3 Å². The van der Waals surface area contributed by atoms with Crippen LogP contribution in [-0.2, 0) is 4.79 Å². The van der Waals surface area contributed by atoms with Crippen LogP contribution < -0.4 is 5.32 Å². The molecule has 2 aromatic rings. The number of nitrogens with one attached hydrogen (secondary N) is 1. The van der Waals surface area contributed by atoms with Gasteiger partial charge in [-0.2, -0.15) is 4.68 Å². The maximum Gasteiger partial charge on any atom is 0.352 e. The molecule has 2 heterocycles. The van der Waals surface area contributed by atoms with Crippen LogP contribution in [0.15, 0.2) is 36.0 Å². The number of carbonyl (C=O) groups is 1. The Kier molecular flexibility index (Phi) is 2.68. The Morgan fingerprint density at radius 2 is 2.21 bits per heavy atom. The molecule has 0 radical (unpaired) electrons. The van der Waals surface area contributed by atoms with Gasteiger partial charge in [0.15, 0.2) is 0 Å². The number of fused-ring (bicyclic) bond motifs is 1. The lowest BCUT2D eigenvalue weighted by atomic mass is 10.0. The average molecular weight is 278 g/mol. The zero-order chi connectivity index (χ0) is 13.4. The molecule has 1 atom stereocenters. The van der Waals surface area contributed by atoms with Crippen LogP contribution in [0.5, 0.6) is 0 Å². The zero-order valence-corrected chi connectivity index (χ0v) is 10.2. The molecule has 0 bridgehead atoms. The van der Waals surface area contributed by atoms with Gasteiger partial charge in [0.25, 0.3) is 0 Å². The predicted octanol–water partition coefficient (Wildman–Crippen LogP) is 1.31. The molecule has 1 aromatic carbocycles. The summed E-state index contributed by atoms with van der Waals surface area (Å²) in [5.41, 5.74) is 0.755. The van der Waals surface area contributed by atoms with Crippen molar-refractivity contribution in [3.05, 3.63) is 46.6 Å². The van der Waals surface area contributed by atoms with E-state index < -0.39 is 12.0 Å². The molecule has 0 fully saturated rings. The molecule has 2 N–H and O–H groups in total. The molecule has 96 valence electrons. The molecule has 1 aliphatic rings. The Bertz CT molecular complexity index is 681. The summed E-state index contributed by atoms with van der Waals surface area (Å²) < 4.78 is 1.48. The van der Waals surface area contributed by atoms with Gasteiger partial charge in [0.05, 0.1) is 0 Å². The number of aromatic nitrogens is 4. The zero-order valence-electron chi connectivity index (χ0n) is 9.49. The monoisotopic (exact) mass is 277 g/mol. The van der Waals surface area contributed by atoms with Crippen LogP contribution in [0.25, 0.3) is 0 Å². The highest BCUT2D eigenvalue weighted by molar-refractivity contribution is 6.31. The van der Waals surface area contributed by atoms with Crippen LogP contribution in [0, 0.1) is 0 Å². The molecule has 0 amide bonds. The first-order chi connectivity index (χ1) is 9.16. The minimum absolute atomic E-state index is 0.0206. The lowest BCUT2D eigenvalue weighted by Gasteiger charge is -2.22. The maximum atomic E-state index is 11.1. The molecule has 7 nitrogen and oxygen atoms in total. The molecule has 1 aliphatic heterocycles. The van der Waals surface area contributed by atoms with Crippen molar-refractivity contribution in [2.45, 2.75) is 6.04 Å². The first-order valence-corrected chi connectivity index (χ1v) is 5.79. The fourth-order valence-electron chi connectivity index (χ4n) is 1.92. The highest BCUT2D eigenvalue weighted by atomic mass is 35.5. The van der Waals surface area contributed by atoms with E-state index >= 15 is 0 Å². The molecule has 1 aromatic heterocycles. The number of rotatable bonds is 2. The average Bonchev–Trinajstić information content (AvgIpc) is 2.86. The van der Waals surface area contributed by atoms with Gasteiger partial charge in [-0.3, -0.25) is 0 Å². The van der Waals surface area contributed by atoms with E-state index in [1.165, 1.54) is 10.8 Å². The number of tetrazole rings is 1. The van der Waals surface area contributed by atoms with Gasteiger partial charge in [0.1, 0.15) is 11.7 Å². The third-order valence-electron chi connectivity index (χ3n) is 2.78. The van der Waals surface area contributed by atoms with Gasteiger partial charge in [-0.05, 0) is 28.1 Å². The Balaban J connectivity index is 2.15. The first-order valence-electron chi connectivity index (χ1n) is 5.41. The van der Waals surface area contributed by atoms with Crippen molar-refractivity contribution < 1.29 is 9.90 Å². The van der Waals surface area contributed by atoms with Crippen LogP contribution in [0.3, 0.4) is 0 Å². The summed E-state index contributed by atoms with van der Waals surface area (Å²) in [5, 5.41) is 23.4. The first kappa shape index (κ1) is 11.7. The van der Waals surface area contributed by atoms with Gasteiger partial charge in [-0.1, -0.05) is 34.9 Å². The number of hydrogen-bond acceptors (Lipinski definition) is 5. The van der Waals surface area contributed by atoms with E-state index in [4.69, 9.17) is 16.7 Å². The van der Waals surface area contributed by atoms with Crippen LogP contribution in [0.1, 0.15) is 11.6 Å². The summed E-state index contributed by atoms with van der Waals surface area (Å²) in [5.74, 6) is -0.809. The predicted molar refractivity (Wildman–Crippen MR) is 66.7 cm³/mol. The molecule has 0 aliphatic carbocycles. The van der Waals surface area contributed by atoms with Crippen LogP contribution in [0.4, 0.5) is 5.95 Å². The van der Waals surface area contributed by atoms with Crippen LogP contribution in [0.2, 0.25) is 5.02 Å². The lowest BCUT2D eigenvalue weighted by Crippen LogP contribution is -2.24. The van der Waals surface area contributed by atoms with Crippen molar-refractivity contribution in [3.8, 4) is 0 Å². The summed E-state index contributed by atoms with van der Waals surface area (Å²) in [7, 11) is 0. The summed E-state index contributed by atoms with van der Waals surface area (Å²) in [6.45, 7) is 0. The molecule has 0 unspecified atom stereocenters. The number of halogens is 1. The molecule has 0 spiro atoms. The normalized spacial score (nSPS) is 17.3. The van der Waals surface area contributed by atoms with Gasteiger partial charge >= 0.3 is 5.97 Å². The fraction of sp³-hybridized carbons (Fsp3) is 0.0909. The van der Waals surface area contributed by atoms with E-state index in [-0.39, 0.29) is 11.6 Å². The standard InChI is InChI=1S/C11H8ClN5O2/c12-7-4-2-1-3-6(7)9-5-8(10(18)19)13-11-14-15-16-17(9)11/h1-5,9H,(H,18,19)(H,13,14,16)/t9-/m1/s1. The molecule has 3 rings (SSSR count). The lowest BCUT2D eigenvalue weighted by molar-refractivity contribution is -0.132. The number of nitrogens with zero attached hydrogens (tertiary/aromatic N) is 4. The van der Waals surface area contributed by atoms with Gasteiger partial charge < -0.3 is 10.4 Å². The van der Waals surface area contributed by atoms with Crippen molar-refractivity contribution in [2.24, 2.45) is 0 Å². The number of carboxylic acids is 1. The summed E-state index contributed by atoms with van der Waals surface area (Å²) >= 11 is 6.14. The second-order valence-corrected chi connectivity index (χ2v) is 4.33. The highest BCUT2D eigenvalue weighted by Crippen LogP contribution is 2.31. The summed E-state index contributed by atoms with van der Waals surface area (Å²) in [4.78, 5) is 11.1. The van der Waals surface area contributed by atoms with Gasteiger partial charge in [-0.15, -0.1) is 0 Å². The number of benzene rings is 1. The van der Waals surface area contributed by atoms with Crippen LogP contribution >= 0.6 is 11.6 Å². The van der Waals surface area contributed by atoms with Gasteiger partial charge in [0, 0.05) is 5.02 Å². The van der Waals surface area contributed by atoms with Crippen molar-refractivity contribution in [1.29, 1.82) is 0 Å². The number of hydrogen-bond donors (Lipinski definition) is 2. The Hall–Kier alpha value is -2.41. The molecule has 0 saturated heterocycles. The maximum absolute atomic E-state index is 11.1. The minimum atomic E-state index is -1.08. The van der Waals surface area contributed by atoms with E-state index in [1.807, 2.05) is 6.07 Å². The quantitative estimate of drug-likeness (QED) is 0.860. The van der Waals surface area contributed by atoms with E-state index in [2.05, 4.69) is 20.8 Å². The molecule has 19 heavy (non-hydrogen) atoms. The SMILES string of the molecule is O=C(O)C1=C[C@H](c2ccccc2Cl)n2nnnc2N1. The minimum Gasteiger partial charge on any atom is -0.477 e. The Morgan fingerprint density at radius 3 is 2.95 bits per heavy atom. The molecular weight excluding hydrogens is 270 g/mol. The largest absolute Gasteiger partial charge is 0.477 e. The number of allylic oxidation sites excluding steroid dienone is 1. The fourth-order valence-corrected chi connectivity index (χ4v) is 2.16. The Morgan fingerprint density at radius 1 is 1.42 bits per heavy atom. The van der Waals surface area contributed by atoms with Gasteiger partial charge in [-0.25, -0.2) is 4.79 Å². The summed E-state index contributed by atoms with van der Waals surface area (Å²) in [6, 6.07) is 6.71. The van der Waals surface area contributed by atoms with E-state index in [9.17, 15) is 4.79 Å². The Labute approximate surface area is 112 Å². The van der Waals surface area contributed by atoms with E-state index in [0.29, 0.717) is 5.02 Å². The number of carboxylic acid groups (broad SMARTS) is 1. The van der Waals surface area contributed by atoms with Crippen molar-refractivity contribution in [3.63, 3.8) is 0 Å². The van der Waals surface area contributed by atoms with E-state index in [1.54, 1.807) is 18.2 Å². The topological polar surface area (TPSA) is 92.9 Å². The van der Waals surface area contributed by atoms with Crippen molar-refractivity contribution >= 4 is 23.5 Å². The number of anilines is 1. The molecule has 0 saturated carbocycles. The van der Waals surface area contributed by atoms with Crippen molar-refractivity contribution in [1.82, 2.24) is 20.2 Å². The third-order valence-corrected chi connectivity index (χ3v) is 3.13. The van der Waals surface area contributed by atoms with Crippen molar-refractivity contribution in [2.75, 3.05) is 5.32 Å². The smallest absolute Gasteiger partial charge is 0.352 e.